The molecule has 2 N–H and O–H groups in total. The molecule has 27 heavy (non-hydrogen) atoms. The summed E-state index contributed by atoms with van der Waals surface area (Å²) in [6.07, 6.45) is 1.81. The average molecular weight is 382 g/mol. The third-order valence-corrected chi connectivity index (χ3v) is 5.53. The van der Waals surface area contributed by atoms with Gasteiger partial charge in [0, 0.05) is 33.9 Å². The first-order valence-electron chi connectivity index (χ1n) is 8.85. The lowest BCUT2D eigenvalue weighted by Crippen LogP contribution is -2.44. The van der Waals surface area contributed by atoms with Gasteiger partial charge in [-0.15, -0.1) is 11.3 Å². The van der Waals surface area contributed by atoms with Gasteiger partial charge in [-0.25, -0.2) is 4.98 Å². The summed E-state index contributed by atoms with van der Waals surface area (Å²) in [6, 6.07) is 8.19. The van der Waals surface area contributed by atoms with Crippen LogP contribution in [0, 0.1) is 11.3 Å². The van der Waals surface area contributed by atoms with Crippen LogP contribution in [0.3, 0.4) is 0 Å². The van der Waals surface area contributed by atoms with Crippen LogP contribution in [0.1, 0.15) is 11.8 Å². The smallest absolute Gasteiger partial charge is 0.430 e. The Morgan fingerprint density at radius 2 is 2.26 bits per heavy atom. The van der Waals surface area contributed by atoms with Crippen molar-refractivity contribution in [3.8, 4) is 17.3 Å². The first-order chi connectivity index (χ1) is 13.2. The quantitative estimate of drug-likeness (QED) is 0.537. The number of fused-ring (bicyclic) bond motifs is 1. The van der Waals surface area contributed by atoms with E-state index in [-0.39, 0.29) is 6.08 Å². The SMILES string of the molecule is CCOC(O)=[N+]1CCN(c2ccnc3[nH]c(-c4csc(C#N)c4)cc23)CC1. The molecule has 0 spiro atoms. The third kappa shape index (κ3) is 3.34. The summed E-state index contributed by atoms with van der Waals surface area (Å²) < 4.78 is 7.06. The molecular weight excluding hydrogens is 362 g/mol. The minimum atomic E-state index is 0.00621. The number of aromatic amines is 1. The Kier molecular flexibility index (Phi) is 4.69. The number of anilines is 1. The molecule has 7 nitrogen and oxygen atoms in total. The van der Waals surface area contributed by atoms with E-state index >= 15 is 0 Å². The predicted octanol–water partition coefficient (Wildman–Crippen LogP) is 2.95. The molecule has 8 heteroatoms. The lowest BCUT2D eigenvalue weighted by molar-refractivity contribution is -0.546. The zero-order chi connectivity index (χ0) is 18.8. The van der Waals surface area contributed by atoms with Crippen molar-refractivity contribution in [1.82, 2.24) is 9.97 Å². The number of aliphatic hydroxyl groups excluding tert-OH is 1. The lowest BCUT2D eigenvalue weighted by atomic mass is 10.2. The van der Waals surface area contributed by atoms with Crippen molar-refractivity contribution in [2.75, 3.05) is 37.7 Å². The summed E-state index contributed by atoms with van der Waals surface area (Å²) in [6.45, 7) is 5.28. The van der Waals surface area contributed by atoms with E-state index in [0.717, 1.165) is 41.1 Å². The van der Waals surface area contributed by atoms with Crippen molar-refractivity contribution in [3.05, 3.63) is 34.7 Å². The second-order valence-corrected chi connectivity index (χ2v) is 7.19. The van der Waals surface area contributed by atoms with Crippen LogP contribution >= 0.6 is 11.3 Å². The number of ether oxygens (including phenoxy) is 1. The van der Waals surface area contributed by atoms with E-state index in [1.54, 1.807) is 0 Å². The highest BCUT2D eigenvalue weighted by Crippen LogP contribution is 2.32. The maximum atomic E-state index is 9.92. The molecule has 0 atom stereocenters. The first-order valence-corrected chi connectivity index (χ1v) is 9.73. The van der Waals surface area contributed by atoms with E-state index in [2.05, 4.69) is 27.0 Å². The second kappa shape index (κ2) is 7.29. The van der Waals surface area contributed by atoms with Crippen molar-refractivity contribution < 1.29 is 14.4 Å². The van der Waals surface area contributed by atoms with Crippen LogP contribution in [0.15, 0.2) is 29.8 Å². The molecule has 1 fully saturated rings. The van der Waals surface area contributed by atoms with Crippen molar-refractivity contribution in [2.45, 2.75) is 6.92 Å². The molecular formula is C19H20N5O2S+. The number of hydrogen-bond donors (Lipinski definition) is 2. The molecule has 138 valence electrons. The second-order valence-electron chi connectivity index (χ2n) is 6.28. The molecule has 3 aromatic heterocycles. The molecule has 1 aliphatic rings. The van der Waals surface area contributed by atoms with Gasteiger partial charge in [0.15, 0.2) is 13.1 Å². The fourth-order valence-electron chi connectivity index (χ4n) is 3.34. The third-order valence-electron chi connectivity index (χ3n) is 4.69. The summed E-state index contributed by atoms with van der Waals surface area (Å²) in [5, 5.41) is 22.0. The maximum absolute atomic E-state index is 9.92. The molecule has 0 unspecified atom stereocenters. The molecule has 3 aromatic rings. The van der Waals surface area contributed by atoms with Crippen molar-refractivity contribution in [2.24, 2.45) is 0 Å². The highest BCUT2D eigenvalue weighted by Gasteiger charge is 2.25. The number of aromatic nitrogens is 2. The standard InChI is InChI=1S/C19H19N5O2S/c1-2-26-19(25)24-7-5-23(6-8-24)17-3-4-21-18-15(17)10-16(22-18)13-9-14(11-20)27-12-13/h3-4,9-10,12H,2,5-8H2,1H3,(H,21,22)/p+1. The molecule has 0 saturated carbocycles. The van der Waals surface area contributed by atoms with Gasteiger partial charge in [0.2, 0.25) is 0 Å². The Morgan fingerprint density at radius 3 is 2.96 bits per heavy atom. The number of H-pyrrole nitrogens is 1. The number of thiophene rings is 1. The Bertz CT molecular complexity index is 1040. The maximum Gasteiger partial charge on any atom is 0.546 e. The Morgan fingerprint density at radius 1 is 1.44 bits per heavy atom. The molecule has 4 rings (SSSR count). The van der Waals surface area contributed by atoms with Crippen LogP contribution < -0.4 is 4.90 Å². The van der Waals surface area contributed by atoms with Crippen LogP contribution in [0.5, 0.6) is 0 Å². The molecule has 0 radical (unpaired) electrons. The number of piperazine rings is 1. The van der Waals surface area contributed by atoms with Gasteiger partial charge >= 0.3 is 6.08 Å². The Labute approximate surface area is 160 Å². The van der Waals surface area contributed by atoms with Gasteiger partial charge in [-0.3, -0.25) is 0 Å². The predicted molar refractivity (Wildman–Crippen MR) is 106 cm³/mol. The topological polar surface area (TPSA) is 88.2 Å². The van der Waals surface area contributed by atoms with E-state index in [0.29, 0.717) is 24.6 Å². The van der Waals surface area contributed by atoms with Crippen LogP contribution in [-0.2, 0) is 4.74 Å². The summed E-state index contributed by atoms with van der Waals surface area (Å²) in [7, 11) is 0. The summed E-state index contributed by atoms with van der Waals surface area (Å²) in [5.74, 6) is 0. The minimum absolute atomic E-state index is 0.00621. The van der Waals surface area contributed by atoms with Crippen LogP contribution in [0.25, 0.3) is 22.3 Å². The lowest BCUT2D eigenvalue weighted by Gasteiger charge is -2.27. The summed E-state index contributed by atoms with van der Waals surface area (Å²) >= 11 is 1.44. The molecule has 0 amide bonds. The molecule has 0 bridgehead atoms. The van der Waals surface area contributed by atoms with Gasteiger partial charge in [0.1, 0.15) is 16.6 Å². The highest BCUT2D eigenvalue weighted by molar-refractivity contribution is 7.10. The fraction of sp³-hybridized carbons (Fsp3) is 0.316. The average Bonchev–Trinajstić information content (AvgIpc) is 3.34. The van der Waals surface area contributed by atoms with Crippen LogP contribution in [-0.4, -0.2) is 58.5 Å². The molecule has 0 aliphatic carbocycles. The molecule has 1 saturated heterocycles. The number of nitriles is 1. The summed E-state index contributed by atoms with van der Waals surface area (Å²) in [5.41, 5.74) is 3.91. The monoisotopic (exact) mass is 382 g/mol. The van der Waals surface area contributed by atoms with Gasteiger partial charge in [0.25, 0.3) is 0 Å². The van der Waals surface area contributed by atoms with Crippen LogP contribution in [0.4, 0.5) is 5.69 Å². The normalized spacial score (nSPS) is 14.4. The number of pyridine rings is 1. The molecule has 1 aliphatic heterocycles. The number of aliphatic hydroxyl groups is 1. The fourth-order valence-corrected chi connectivity index (χ4v) is 4.04. The zero-order valence-electron chi connectivity index (χ0n) is 15.0. The van der Waals surface area contributed by atoms with E-state index < -0.39 is 0 Å². The molecule has 4 heterocycles. The van der Waals surface area contributed by atoms with Gasteiger partial charge in [-0.2, -0.15) is 9.84 Å². The van der Waals surface area contributed by atoms with E-state index in [1.807, 2.05) is 35.2 Å². The first kappa shape index (κ1) is 17.4. The van der Waals surface area contributed by atoms with E-state index in [4.69, 9.17) is 10.00 Å². The van der Waals surface area contributed by atoms with Gasteiger partial charge in [-0.1, -0.05) is 0 Å². The number of nitrogens with zero attached hydrogens (tertiary/aromatic N) is 4. The Hall–Kier alpha value is -3.05. The van der Waals surface area contributed by atoms with Gasteiger partial charge in [-0.05, 0) is 25.1 Å². The minimum Gasteiger partial charge on any atom is -0.430 e. The zero-order valence-corrected chi connectivity index (χ0v) is 15.8. The van der Waals surface area contributed by atoms with E-state index in [1.165, 1.54) is 11.3 Å². The van der Waals surface area contributed by atoms with E-state index in [9.17, 15) is 5.11 Å². The van der Waals surface area contributed by atoms with Crippen molar-refractivity contribution in [3.63, 3.8) is 0 Å². The van der Waals surface area contributed by atoms with Crippen LogP contribution in [0.2, 0.25) is 0 Å². The van der Waals surface area contributed by atoms with Gasteiger partial charge in [0.05, 0.1) is 19.7 Å². The number of nitrogens with one attached hydrogen (secondary N) is 1. The highest BCUT2D eigenvalue weighted by atomic mass is 32.1. The molecule has 0 aromatic carbocycles. The largest absolute Gasteiger partial charge is 0.546 e. The van der Waals surface area contributed by atoms with Crippen molar-refractivity contribution >= 4 is 34.1 Å². The number of rotatable bonds is 3. The van der Waals surface area contributed by atoms with Gasteiger partial charge < -0.3 is 19.7 Å². The Balaban J connectivity index is 1.62. The number of hydrogen-bond acceptors (Lipinski definition) is 5. The van der Waals surface area contributed by atoms with Crippen molar-refractivity contribution in [1.29, 1.82) is 5.26 Å². The summed E-state index contributed by atoms with van der Waals surface area (Å²) in [4.78, 5) is 10.8.